The summed E-state index contributed by atoms with van der Waals surface area (Å²) in [5.41, 5.74) is 4.61. The molecule has 2 rings (SSSR count). The summed E-state index contributed by atoms with van der Waals surface area (Å²) in [7, 11) is 0. The molecule has 0 spiro atoms. The molecule has 0 saturated heterocycles. The van der Waals surface area contributed by atoms with Crippen molar-refractivity contribution in [3.63, 3.8) is 0 Å². The third-order valence-corrected chi connectivity index (χ3v) is 3.75. The van der Waals surface area contributed by atoms with E-state index in [1.807, 2.05) is 0 Å². The first kappa shape index (κ1) is 13.8. The molecule has 16 heavy (non-hydrogen) atoms. The fraction of sp³-hybridized carbons (Fsp3) is 0.533. The molecule has 2 aliphatic rings. The Morgan fingerprint density at radius 3 is 2.62 bits per heavy atom. The van der Waals surface area contributed by atoms with Crippen LogP contribution in [0.5, 0.6) is 0 Å². The van der Waals surface area contributed by atoms with Crippen molar-refractivity contribution in [3.05, 3.63) is 40.9 Å². The van der Waals surface area contributed by atoms with Crippen LogP contribution in [0.4, 0.5) is 0 Å². The van der Waals surface area contributed by atoms with E-state index in [9.17, 15) is 0 Å². The van der Waals surface area contributed by atoms with E-state index in [4.69, 9.17) is 0 Å². The van der Waals surface area contributed by atoms with Gasteiger partial charge in [-0.15, -0.1) is 12.5 Å². The second-order valence-corrected chi connectivity index (χ2v) is 5.20. The van der Waals surface area contributed by atoms with E-state index in [0.29, 0.717) is 11.8 Å². The van der Waals surface area contributed by atoms with E-state index in [1.165, 1.54) is 24.0 Å². The molecule has 0 nitrogen and oxygen atoms in total. The molecule has 0 heterocycles. The van der Waals surface area contributed by atoms with Crippen LogP contribution in [-0.2, 0) is 0 Å². The molecule has 0 aromatic rings. The van der Waals surface area contributed by atoms with Crippen molar-refractivity contribution in [2.24, 2.45) is 11.8 Å². The van der Waals surface area contributed by atoms with Crippen LogP contribution in [0.2, 0.25) is 0 Å². The molecular formula is C15H21Li. The van der Waals surface area contributed by atoms with Crippen molar-refractivity contribution in [3.8, 4) is 0 Å². The average Bonchev–Trinajstić information content (AvgIpc) is 2.43. The van der Waals surface area contributed by atoms with Gasteiger partial charge in [0.15, 0.2) is 0 Å². The number of allylic oxidation sites excluding steroid dienone is 6. The van der Waals surface area contributed by atoms with Gasteiger partial charge in [-0.25, -0.2) is 17.6 Å². The molecule has 82 valence electrons. The topological polar surface area (TPSA) is 0 Å². The van der Waals surface area contributed by atoms with E-state index in [1.54, 1.807) is 11.5 Å². The zero-order valence-electron chi connectivity index (χ0n) is 11.3. The molecule has 1 saturated carbocycles. The van der Waals surface area contributed by atoms with Crippen LogP contribution in [-0.4, -0.2) is 0 Å². The largest absolute Gasteiger partial charge is 1.00 e. The van der Waals surface area contributed by atoms with Crippen LogP contribution in [0.15, 0.2) is 34.9 Å². The second-order valence-electron chi connectivity index (χ2n) is 5.20. The normalized spacial score (nSPS) is 24.2. The molecule has 0 N–H and O–H groups in total. The summed E-state index contributed by atoms with van der Waals surface area (Å²) in [4.78, 5) is 0. The van der Waals surface area contributed by atoms with Crippen LogP contribution in [0.1, 0.15) is 40.5 Å². The van der Waals surface area contributed by atoms with E-state index in [-0.39, 0.29) is 18.9 Å². The molecule has 0 aliphatic heterocycles. The van der Waals surface area contributed by atoms with Crippen molar-refractivity contribution in [1.82, 2.24) is 0 Å². The van der Waals surface area contributed by atoms with Gasteiger partial charge in [-0.05, 0) is 18.8 Å². The van der Waals surface area contributed by atoms with Crippen LogP contribution in [0.25, 0.3) is 0 Å². The first-order chi connectivity index (χ1) is 7.09. The second kappa shape index (κ2) is 5.35. The van der Waals surface area contributed by atoms with Crippen molar-refractivity contribution < 1.29 is 18.9 Å². The quantitative estimate of drug-likeness (QED) is 0.452. The summed E-state index contributed by atoms with van der Waals surface area (Å²) in [5.74, 6) is 2.94. The number of fused-ring (bicyclic) bond motifs is 1. The van der Waals surface area contributed by atoms with Crippen LogP contribution in [0.3, 0.4) is 0 Å². The monoisotopic (exact) mass is 208 g/mol. The number of hydrogen-bond donors (Lipinski definition) is 0. The Kier molecular flexibility index (Phi) is 4.59. The molecule has 1 atom stereocenters. The maximum absolute atomic E-state index is 2.44. The van der Waals surface area contributed by atoms with Crippen molar-refractivity contribution in [2.45, 2.75) is 40.5 Å². The molecule has 0 aromatic heterocycles. The van der Waals surface area contributed by atoms with Crippen molar-refractivity contribution >= 4 is 0 Å². The maximum Gasteiger partial charge on any atom is 1.00 e. The van der Waals surface area contributed by atoms with Gasteiger partial charge in [0.2, 0.25) is 0 Å². The molecule has 2 aliphatic carbocycles. The van der Waals surface area contributed by atoms with Gasteiger partial charge >= 0.3 is 18.9 Å². The third kappa shape index (κ3) is 2.50. The molecule has 1 fully saturated rings. The molecule has 0 radical (unpaired) electrons. The minimum atomic E-state index is 0. The van der Waals surface area contributed by atoms with Crippen LogP contribution >= 0.6 is 0 Å². The summed E-state index contributed by atoms with van der Waals surface area (Å²) in [6, 6.07) is 0. The Labute approximate surface area is 112 Å². The molecule has 1 unspecified atom stereocenters. The standard InChI is InChI=1S/C15H21.Li/c1-10(2)13-7-5-11(3)14-8-6-12(4)15(14)9-13;/h5,7,9-10,14H,6,8H2,1-4H3;/q-1;+1. The van der Waals surface area contributed by atoms with Gasteiger partial charge in [-0.2, -0.15) is 0 Å². The summed E-state index contributed by atoms with van der Waals surface area (Å²) in [6.07, 6.45) is 9.66. The Hall–Kier alpha value is -0.313. The zero-order chi connectivity index (χ0) is 11.0. The first-order valence-electron chi connectivity index (χ1n) is 6.02. The fourth-order valence-corrected chi connectivity index (χ4v) is 2.59. The van der Waals surface area contributed by atoms with Crippen LogP contribution < -0.4 is 18.9 Å². The first-order valence-corrected chi connectivity index (χ1v) is 6.02. The summed E-state index contributed by atoms with van der Waals surface area (Å²) >= 11 is 0. The minimum absolute atomic E-state index is 0. The maximum atomic E-state index is 2.44. The smallest absolute Gasteiger partial charge is 0.215 e. The minimum Gasteiger partial charge on any atom is -0.215 e. The van der Waals surface area contributed by atoms with Gasteiger partial charge in [0.25, 0.3) is 0 Å². The van der Waals surface area contributed by atoms with Gasteiger partial charge in [-0.3, -0.25) is 0 Å². The predicted octanol–water partition coefficient (Wildman–Crippen LogP) is 1.46. The van der Waals surface area contributed by atoms with E-state index < -0.39 is 0 Å². The van der Waals surface area contributed by atoms with Crippen molar-refractivity contribution in [1.29, 1.82) is 0 Å². The van der Waals surface area contributed by atoms with Gasteiger partial charge in [-0.1, -0.05) is 44.4 Å². The Bertz CT molecular complexity index is 344. The van der Waals surface area contributed by atoms with Crippen LogP contribution in [0, 0.1) is 17.8 Å². The fourth-order valence-electron chi connectivity index (χ4n) is 2.59. The average molecular weight is 208 g/mol. The summed E-state index contributed by atoms with van der Waals surface area (Å²) < 4.78 is 0. The summed E-state index contributed by atoms with van der Waals surface area (Å²) in [5, 5.41) is 0. The van der Waals surface area contributed by atoms with Gasteiger partial charge in [0, 0.05) is 0 Å². The van der Waals surface area contributed by atoms with Gasteiger partial charge < -0.3 is 0 Å². The van der Waals surface area contributed by atoms with Gasteiger partial charge in [0.05, 0.1) is 0 Å². The van der Waals surface area contributed by atoms with Crippen molar-refractivity contribution in [2.75, 3.05) is 0 Å². The molecule has 1 heteroatoms. The van der Waals surface area contributed by atoms with Gasteiger partial charge in [0.1, 0.15) is 0 Å². The Morgan fingerprint density at radius 2 is 2.00 bits per heavy atom. The SMILES string of the molecule is CC1=CC=C(C(C)C)C=C2[C-](C)CCC12.[Li+]. The Morgan fingerprint density at radius 1 is 1.31 bits per heavy atom. The number of rotatable bonds is 1. The Balaban J connectivity index is 0.00000128. The molecule has 0 bridgehead atoms. The molecule has 0 amide bonds. The predicted molar refractivity (Wildman–Crippen MR) is 66.4 cm³/mol. The third-order valence-electron chi connectivity index (χ3n) is 3.75. The zero-order valence-corrected chi connectivity index (χ0v) is 11.3. The molecule has 0 aromatic carbocycles. The molecular weight excluding hydrogens is 187 g/mol. The van der Waals surface area contributed by atoms with E-state index in [2.05, 4.69) is 45.9 Å². The summed E-state index contributed by atoms with van der Waals surface area (Å²) in [6.45, 7) is 9.12. The number of hydrogen-bond acceptors (Lipinski definition) is 0. The van der Waals surface area contributed by atoms with E-state index in [0.717, 1.165) is 0 Å². The van der Waals surface area contributed by atoms with E-state index >= 15 is 0 Å².